The highest BCUT2D eigenvalue weighted by atomic mass is 32.2. The number of nitrogens with zero attached hydrogens (tertiary/aromatic N) is 2. The molecule has 0 aliphatic carbocycles. The molecule has 0 fully saturated rings. The maximum atomic E-state index is 11.0. The zero-order valence-electron chi connectivity index (χ0n) is 8.24. The fourth-order valence-electron chi connectivity index (χ4n) is 0.827. The molecule has 0 saturated heterocycles. The van der Waals surface area contributed by atoms with Gasteiger partial charge in [-0.3, -0.25) is 9.89 Å². The normalized spacial score (nSPS) is 10.1. The van der Waals surface area contributed by atoms with Crippen molar-refractivity contribution < 1.29 is 9.53 Å². The molecule has 0 amide bonds. The molecule has 0 saturated carbocycles. The number of thioether (sulfide) groups is 1. The van der Waals surface area contributed by atoms with Gasteiger partial charge in [-0.2, -0.15) is 0 Å². The zero-order valence-corrected chi connectivity index (χ0v) is 9.06. The molecule has 0 aliphatic heterocycles. The Morgan fingerprint density at radius 3 is 2.93 bits per heavy atom. The number of carbonyl (C=O) groups is 1. The molecular weight excluding hydrogens is 202 g/mol. The summed E-state index contributed by atoms with van der Waals surface area (Å²) in [6.45, 7) is 4.18. The van der Waals surface area contributed by atoms with E-state index in [9.17, 15) is 4.79 Å². The van der Waals surface area contributed by atoms with Gasteiger partial charge in [0.1, 0.15) is 5.82 Å². The summed E-state index contributed by atoms with van der Waals surface area (Å²) in [5, 5.41) is 7.31. The Bertz CT molecular complexity index is 301. The molecule has 6 heteroatoms. The van der Waals surface area contributed by atoms with Gasteiger partial charge >= 0.3 is 5.97 Å². The highest BCUT2D eigenvalue weighted by Crippen LogP contribution is 2.12. The van der Waals surface area contributed by atoms with Gasteiger partial charge in [0.25, 0.3) is 0 Å². The van der Waals surface area contributed by atoms with Gasteiger partial charge in [-0.1, -0.05) is 18.7 Å². The Kier molecular flexibility index (Phi) is 4.45. The van der Waals surface area contributed by atoms with Crippen LogP contribution in [-0.2, 0) is 16.0 Å². The van der Waals surface area contributed by atoms with Gasteiger partial charge in [-0.25, -0.2) is 4.98 Å². The number of aryl methyl sites for hydroxylation is 1. The number of carbonyl (C=O) groups excluding carboxylic acids is 1. The molecule has 0 unspecified atom stereocenters. The van der Waals surface area contributed by atoms with Crippen LogP contribution in [0.4, 0.5) is 0 Å². The van der Waals surface area contributed by atoms with E-state index in [-0.39, 0.29) is 11.7 Å². The molecule has 0 aromatic carbocycles. The molecule has 0 bridgehead atoms. The van der Waals surface area contributed by atoms with Crippen LogP contribution in [0.5, 0.6) is 0 Å². The van der Waals surface area contributed by atoms with E-state index >= 15 is 0 Å². The van der Waals surface area contributed by atoms with E-state index in [2.05, 4.69) is 15.2 Å². The summed E-state index contributed by atoms with van der Waals surface area (Å²) < 4.78 is 4.77. The van der Waals surface area contributed by atoms with Crippen molar-refractivity contribution in [1.82, 2.24) is 15.2 Å². The number of rotatable bonds is 5. The molecule has 1 aromatic rings. The highest BCUT2D eigenvalue weighted by Gasteiger charge is 2.06. The van der Waals surface area contributed by atoms with Crippen LogP contribution in [0.2, 0.25) is 0 Å². The maximum Gasteiger partial charge on any atom is 0.316 e. The van der Waals surface area contributed by atoms with E-state index in [1.807, 2.05) is 6.92 Å². The lowest BCUT2D eigenvalue weighted by Crippen LogP contribution is -2.06. The molecule has 0 atom stereocenters. The molecule has 1 rings (SSSR count). The molecule has 0 radical (unpaired) electrons. The summed E-state index contributed by atoms with van der Waals surface area (Å²) in [4.78, 5) is 15.1. The lowest BCUT2D eigenvalue weighted by Gasteiger charge is -1.97. The lowest BCUT2D eigenvalue weighted by atomic mass is 10.5. The second-order valence-electron chi connectivity index (χ2n) is 2.51. The molecule has 1 aromatic heterocycles. The first-order chi connectivity index (χ1) is 6.76. The largest absolute Gasteiger partial charge is 0.465 e. The van der Waals surface area contributed by atoms with Crippen LogP contribution in [0.25, 0.3) is 0 Å². The summed E-state index contributed by atoms with van der Waals surface area (Å²) in [6.07, 6.45) is 0.812. The molecule has 78 valence electrons. The van der Waals surface area contributed by atoms with E-state index in [0.29, 0.717) is 11.8 Å². The smallest absolute Gasteiger partial charge is 0.316 e. The SMILES string of the molecule is CCOC(=O)CSc1n[nH]c(CC)n1. The van der Waals surface area contributed by atoms with E-state index in [1.54, 1.807) is 6.92 Å². The molecule has 5 nitrogen and oxygen atoms in total. The van der Waals surface area contributed by atoms with Gasteiger partial charge in [0, 0.05) is 6.42 Å². The Morgan fingerprint density at radius 2 is 2.36 bits per heavy atom. The lowest BCUT2D eigenvalue weighted by molar-refractivity contribution is -0.139. The van der Waals surface area contributed by atoms with Crippen LogP contribution in [0.1, 0.15) is 19.7 Å². The Balaban J connectivity index is 2.34. The molecule has 0 spiro atoms. The number of H-pyrrole nitrogens is 1. The summed E-state index contributed by atoms with van der Waals surface area (Å²) >= 11 is 1.28. The minimum Gasteiger partial charge on any atom is -0.465 e. The molecule has 14 heavy (non-hydrogen) atoms. The number of hydrogen-bond acceptors (Lipinski definition) is 5. The quantitative estimate of drug-likeness (QED) is 0.586. The van der Waals surface area contributed by atoms with E-state index in [1.165, 1.54) is 11.8 Å². The predicted octanol–water partition coefficient (Wildman–Crippen LogP) is 1.02. The van der Waals surface area contributed by atoms with Crippen molar-refractivity contribution in [2.75, 3.05) is 12.4 Å². The van der Waals surface area contributed by atoms with Gasteiger partial charge < -0.3 is 4.74 Å². The summed E-state index contributed by atoms with van der Waals surface area (Å²) in [5.74, 6) is 0.853. The predicted molar refractivity (Wildman–Crippen MR) is 53.1 cm³/mol. The van der Waals surface area contributed by atoms with Gasteiger partial charge in [0.05, 0.1) is 12.4 Å². The standard InChI is InChI=1S/C8H13N3O2S/c1-3-6-9-8(11-10-6)14-5-7(12)13-4-2/h3-5H2,1-2H3,(H,9,10,11). The van der Waals surface area contributed by atoms with Crippen molar-refractivity contribution in [3.8, 4) is 0 Å². The average molecular weight is 215 g/mol. The molecule has 1 heterocycles. The number of nitrogens with one attached hydrogen (secondary N) is 1. The van der Waals surface area contributed by atoms with E-state index in [0.717, 1.165) is 12.2 Å². The first-order valence-corrected chi connectivity index (χ1v) is 5.44. The summed E-state index contributed by atoms with van der Waals surface area (Å²) in [5.41, 5.74) is 0. The fraction of sp³-hybridized carbons (Fsp3) is 0.625. The third kappa shape index (κ3) is 3.37. The van der Waals surface area contributed by atoms with Crippen LogP contribution < -0.4 is 0 Å². The second kappa shape index (κ2) is 5.64. The topological polar surface area (TPSA) is 67.9 Å². The van der Waals surface area contributed by atoms with Gasteiger partial charge in [0.15, 0.2) is 0 Å². The number of aromatic amines is 1. The zero-order chi connectivity index (χ0) is 10.4. The summed E-state index contributed by atoms with van der Waals surface area (Å²) in [6, 6.07) is 0. The Morgan fingerprint density at radius 1 is 1.57 bits per heavy atom. The van der Waals surface area contributed by atoms with E-state index < -0.39 is 0 Å². The van der Waals surface area contributed by atoms with Crippen molar-refractivity contribution in [3.63, 3.8) is 0 Å². The van der Waals surface area contributed by atoms with Gasteiger partial charge in [0.2, 0.25) is 5.16 Å². The van der Waals surface area contributed by atoms with Crippen LogP contribution >= 0.6 is 11.8 Å². The van der Waals surface area contributed by atoms with Gasteiger partial charge in [-0.15, -0.1) is 5.10 Å². The number of ether oxygens (including phenoxy) is 1. The maximum absolute atomic E-state index is 11.0. The van der Waals surface area contributed by atoms with Crippen molar-refractivity contribution >= 4 is 17.7 Å². The third-order valence-electron chi connectivity index (χ3n) is 1.47. The van der Waals surface area contributed by atoms with Crippen molar-refractivity contribution in [2.24, 2.45) is 0 Å². The fourth-order valence-corrected chi connectivity index (χ4v) is 1.44. The second-order valence-corrected chi connectivity index (χ2v) is 3.45. The van der Waals surface area contributed by atoms with E-state index in [4.69, 9.17) is 4.74 Å². The minimum atomic E-state index is -0.236. The molecular formula is C8H13N3O2S. The van der Waals surface area contributed by atoms with Crippen LogP contribution in [0, 0.1) is 0 Å². The van der Waals surface area contributed by atoms with Crippen LogP contribution in [0.3, 0.4) is 0 Å². The number of esters is 1. The molecule has 1 N–H and O–H groups in total. The highest BCUT2D eigenvalue weighted by molar-refractivity contribution is 7.99. The first-order valence-electron chi connectivity index (χ1n) is 4.46. The van der Waals surface area contributed by atoms with Crippen LogP contribution in [0.15, 0.2) is 5.16 Å². The number of aromatic nitrogens is 3. The van der Waals surface area contributed by atoms with Crippen LogP contribution in [-0.4, -0.2) is 33.5 Å². The first kappa shape index (κ1) is 11.0. The minimum absolute atomic E-state index is 0.236. The monoisotopic (exact) mass is 215 g/mol. The Labute approximate surface area is 86.6 Å². The molecule has 0 aliphatic rings. The summed E-state index contributed by atoms with van der Waals surface area (Å²) in [7, 11) is 0. The average Bonchev–Trinajstić information content (AvgIpc) is 2.63. The Hall–Kier alpha value is -1.04. The van der Waals surface area contributed by atoms with Crippen molar-refractivity contribution in [3.05, 3.63) is 5.82 Å². The van der Waals surface area contributed by atoms with Crippen molar-refractivity contribution in [1.29, 1.82) is 0 Å². The third-order valence-corrected chi connectivity index (χ3v) is 2.29. The van der Waals surface area contributed by atoms with Gasteiger partial charge in [-0.05, 0) is 6.92 Å². The van der Waals surface area contributed by atoms with Crippen molar-refractivity contribution in [2.45, 2.75) is 25.4 Å². The number of hydrogen-bond donors (Lipinski definition) is 1.